The fourth-order valence-electron chi connectivity index (χ4n) is 2.04. The van der Waals surface area contributed by atoms with Crippen LogP contribution in [-0.4, -0.2) is 34.8 Å². The molecule has 7 heteroatoms. The van der Waals surface area contributed by atoms with Crippen molar-refractivity contribution < 1.29 is 24.3 Å². The highest BCUT2D eigenvalue weighted by atomic mass is 16.6. The van der Waals surface area contributed by atoms with Crippen molar-refractivity contribution in [1.82, 2.24) is 10.0 Å². The molecule has 1 amide bonds. The Morgan fingerprint density at radius 1 is 1.40 bits per heavy atom. The van der Waals surface area contributed by atoms with E-state index in [4.69, 9.17) is 0 Å². The van der Waals surface area contributed by atoms with Gasteiger partial charge in [0, 0.05) is 18.0 Å². The van der Waals surface area contributed by atoms with Crippen LogP contribution in [0.3, 0.4) is 0 Å². The summed E-state index contributed by atoms with van der Waals surface area (Å²) in [6.07, 6.45) is 1.90. The fraction of sp³-hybridized carbons (Fsp3) is 0.154. The molecule has 1 aromatic carbocycles. The number of carbonyl (C=O) groups is 3. The lowest BCUT2D eigenvalue weighted by molar-refractivity contribution is -0.153. The Bertz CT molecular complexity index is 649. The topological polar surface area (TPSA) is 97.6 Å². The van der Waals surface area contributed by atoms with E-state index < -0.39 is 12.0 Å². The van der Waals surface area contributed by atoms with Gasteiger partial charge in [-0.15, -0.1) is 0 Å². The van der Waals surface area contributed by atoms with Crippen LogP contribution in [-0.2, 0) is 25.5 Å². The molecule has 0 saturated heterocycles. The maximum atomic E-state index is 11.5. The first-order valence-electron chi connectivity index (χ1n) is 5.79. The summed E-state index contributed by atoms with van der Waals surface area (Å²) in [5, 5.41) is 12.8. The van der Waals surface area contributed by atoms with Crippen LogP contribution in [0, 0.1) is 0 Å². The highest BCUT2D eigenvalue weighted by Gasteiger charge is 2.22. The zero-order valence-electron chi connectivity index (χ0n) is 10.4. The number of amides is 1. The summed E-state index contributed by atoms with van der Waals surface area (Å²) in [4.78, 5) is 32.2. The predicted molar refractivity (Wildman–Crippen MR) is 68.0 cm³/mol. The van der Waals surface area contributed by atoms with E-state index in [0.717, 1.165) is 10.1 Å². The number of hydrogen-bond donors (Lipinski definition) is 2. The number of nitrogens with zero attached hydrogens (tertiary/aromatic N) is 1. The molecule has 1 heterocycles. The number of fused-ring (bicyclic) bond motifs is 1. The minimum Gasteiger partial charge on any atom is -0.428 e. The van der Waals surface area contributed by atoms with E-state index >= 15 is 0 Å². The summed E-state index contributed by atoms with van der Waals surface area (Å²) in [5.74, 6) is -0.859. The second kappa shape index (κ2) is 5.87. The molecule has 0 bridgehead atoms. The molecule has 2 N–H and O–H groups in total. The molecule has 1 unspecified atom stereocenters. The van der Waals surface area contributed by atoms with Crippen molar-refractivity contribution in [3.63, 3.8) is 0 Å². The summed E-state index contributed by atoms with van der Waals surface area (Å²) < 4.78 is 5.18. The van der Waals surface area contributed by atoms with Gasteiger partial charge in [0.05, 0.1) is 5.52 Å². The third-order valence-corrected chi connectivity index (χ3v) is 2.92. The zero-order chi connectivity index (χ0) is 14.5. The fourth-order valence-corrected chi connectivity index (χ4v) is 2.04. The second-order valence-electron chi connectivity index (χ2n) is 4.09. The van der Waals surface area contributed by atoms with Crippen LogP contribution in [0.4, 0.5) is 0 Å². The third-order valence-electron chi connectivity index (χ3n) is 2.92. The average Bonchev–Trinajstić information content (AvgIpc) is 2.76. The molecule has 0 aliphatic heterocycles. The summed E-state index contributed by atoms with van der Waals surface area (Å²) >= 11 is 0. The Hall–Kier alpha value is -2.83. The first-order chi connectivity index (χ1) is 9.67. The molecular weight excluding hydrogens is 264 g/mol. The lowest BCUT2D eigenvalue weighted by Gasteiger charge is -2.11. The Balaban J connectivity index is 2.31. The number of ether oxygens (including phenoxy) is 1. The molecule has 0 fully saturated rings. The Morgan fingerprint density at radius 3 is 2.85 bits per heavy atom. The van der Waals surface area contributed by atoms with Gasteiger partial charge in [0.2, 0.25) is 6.41 Å². The molecule has 1 aromatic heterocycles. The molecule has 1 atom stereocenters. The molecule has 7 nitrogen and oxygen atoms in total. The number of esters is 1. The standard InChI is InChI=1S/C13H12N2O5/c16-7-14-11(13(18)20-8-17)5-9-6-15(19)12-4-2-1-3-10(9)12/h1-4,6-8,11,19H,5H2,(H,14,16). The average molecular weight is 276 g/mol. The lowest BCUT2D eigenvalue weighted by atomic mass is 10.1. The van der Waals surface area contributed by atoms with Crippen molar-refractivity contribution in [2.45, 2.75) is 12.5 Å². The Kier molecular flexibility index (Phi) is 3.99. The monoisotopic (exact) mass is 276 g/mol. The second-order valence-corrected chi connectivity index (χ2v) is 4.09. The molecule has 0 aliphatic rings. The van der Waals surface area contributed by atoms with Crippen LogP contribution in [0.15, 0.2) is 30.5 Å². The molecule has 0 spiro atoms. The van der Waals surface area contributed by atoms with Crippen LogP contribution in [0.25, 0.3) is 10.9 Å². The molecule has 2 aromatic rings. The Morgan fingerprint density at radius 2 is 2.15 bits per heavy atom. The highest BCUT2D eigenvalue weighted by Crippen LogP contribution is 2.21. The lowest BCUT2D eigenvalue weighted by Crippen LogP contribution is -2.38. The molecular formula is C13H12N2O5. The van der Waals surface area contributed by atoms with E-state index in [1.807, 2.05) is 0 Å². The minimum absolute atomic E-state index is 0.0111. The smallest absolute Gasteiger partial charge is 0.336 e. The van der Waals surface area contributed by atoms with Crippen molar-refractivity contribution in [2.24, 2.45) is 0 Å². The zero-order valence-corrected chi connectivity index (χ0v) is 10.4. The van der Waals surface area contributed by atoms with E-state index in [1.165, 1.54) is 6.20 Å². The number of nitrogens with one attached hydrogen (secondary N) is 1. The van der Waals surface area contributed by atoms with Crippen LogP contribution in [0.1, 0.15) is 5.56 Å². The molecule has 0 saturated carbocycles. The van der Waals surface area contributed by atoms with Gasteiger partial charge in [0.15, 0.2) is 0 Å². The van der Waals surface area contributed by atoms with Crippen molar-refractivity contribution >= 4 is 29.8 Å². The van der Waals surface area contributed by atoms with Crippen molar-refractivity contribution in [1.29, 1.82) is 0 Å². The molecule has 20 heavy (non-hydrogen) atoms. The quantitative estimate of drug-likeness (QED) is 0.341. The van der Waals surface area contributed by atoms with Gasteiger partial charge in [-0.05, 0) is 11.6 Å². The van der Waals surface area contributed by atoms with Gasteiger partial charge < -0.3 is 15.3 Å². The van der Waals surface area contributed by atoms with Crippen molar-refractivity contribution in [3.05, 3.63) is 36.0 Å². The minimum atomic E-state index is -0.997. The normalized spacial score (nSPS) is 11.8. The first kappa shape index (κ1) is 13.6. The number of carbonyl (C=O) groups excluding carboxylic acids is 3. The van der Waals surface area contributed by atoms with Crippen LogP contribution < -0.4 is 5.32 Å². The SMILES string of the molecule is O=CNC(Cc1cn(O)c2ccccc12)C(=O)OC=O. The van der Waals surface area contributed by atoms with E-state index in [9.17, 15) is 19.6 Å². The van der Waals surface area contributed by atoms with Crippen LogP contribution >= 0.6 is 0 Å². The number of benzene rings is 1. The van der Waals surface area contributed by atoms with Gasteiger partial charge in [-0.1, -0.05) is 18.2 Å². The van der Waals surface area contributed by atoms with E-state index in [2.05, 4.69) is 10.1 Å². The number of rotatable bonds is 6. The van der Waals surface area contributed by atoms with Gasteiger partial charge in [-0.2, -0.15) is 4.73 Å². The predicted octanol–water partition coefficient (Wildman–Crippen LogP) is 0.235. The van der Waals surface area contributed by atoms with Crippen molar-refractivity contribution in [3.8, 4) is 0 Å². The highest BCUT2D eigenvalue weighted by molar-refractivity contribution is 5.87. The van der Waals surface area contributed by atoms with Crippen molar-refractivity contribution in [2.75, 3.05) is 0 Å². The summed E-state index contributed by atoms with van der Waals surface area (Å²) in [5.41, 5.74) is 1.22. The summed E-state index contributed by atoms with van der Waals surface area (Å²) in [6.45, 7) is 0.0111. The summed E-state index contributed by atoms with van der Waals surface area (Å²) in [6, 6.07) is 6.05. The van der Waals surface area contributed by atoms with Gasteiger partial charge in [-0.3, -0.25) is 9.59 Å². The Labute approximate surface area is 113 Å². The maximum absolute atomic E-state index is 11.5. The number of hydrogen-bond acceptors (Lipinski definition) is 5. The van der Waals surface area contributed by atoms with E-state index in [-0.39, 0.29) is 12.9 Å². The molecule has 0 radical (unpaired) electrons. The largest absolute Gasteiger partial charge is 0.428 e. The van der Waals surface area contributed by atoms with Crippen LogP contribution in [0.5, 0.6) is 0 Å². The van der Waals surface area contributed by atoms with Crippen LogP contribution in [0.2, 0.25) is 0 Å². The molecule has 2 rings (SSSR count). The molecule has 0 aliphatic carbocycles. The number of aromatic nitrogens is 1. The van der Waals surface area contributed by atoms with Gasteiger partial charge in [0.25, 0.3) is 0 Å². The first-order valence-corrected chi connectivity index (χ1v) is 5.79. The van der Waals surface area contributed by atoms with Gasteiger partial charge in [0.1, 0.15) is 6.04 Å². The number of para-hydroxylation sites is 1. The van der Waals surface area contributed by atoms with E-state index in [0.29, 0.717) is 17.5 Å². The third kappa shape index (κ3) is 2.61. The molecule has 104 valence electrons. The van der Waals surface area contributed by atoms with Gasteiger partial charge >= 0.3 is 12.4 Å². The van der Waals surface area contributed by atoms with Gasteiger partial charge in [-0.25, -0.2) is 4.79 Å². The maximum Gasteiger partial charge on any atom is 0.336 e. The summed E-state index contributed by atoms with van der Waals surface area (Å²) in [7, 11) is 0. The van der Waals surface area contributed by atoms with E-state index in [1.54, 1.807) is 24.3 Å².